The molecule has 0 aliphatic rings. The highest BCUT2D eigenvalue weighted by Crippen LogP contribution is 2.23. The molecule has 15 heavy (non-hydrogen) atoms. The van der Waals surface area contributed by atoms with Crippen LogP contribution in [0.5, 0.6) is 0 Å². The summed E-state index contributed by atoms with van der Waals surface area (Å²) in [6, 6.07) is 8.58. The molecule has 2 rings (SSSR count). The zero-order chi connectivity index (χ0) is 10.7. The summed E-state index contributed by atoms with van der Waals surface area (Å²) in [5, 5.41) is 5.56. The molecule has 0 aliphatic carbocycles. The molecular weight excluding hydrogens is 204 g/mol. The lowest BCUT2D eigenvalue weighted by molar-refractivity contribution is 0.901. The van der Waals surface area contributed by atoms with Gasteiger partial charge in [0.2, 0.25) is 0 Å². The van der Waals surface area contributed by atoms with Gasteiger partial charge >= 0.3 is 0 Å². The summed E-state index contributed by atoms with van der Waals surface area (Å²) in [6.45, 7) is 4.18. The van der Waals surface area contributed by atoms with Crippen LogP contribution in [-0.2, 0) is 0 Å². The Bertz CT molecular complexity index is 423. The number of rotatable bonds is 3. The number of hydrogen-bond acceptors (Lipinski definition) is 3. The maximum absolute atomic E-state index is 4.25. The molecule has 78 valence electrons. The van der Waals surface area contributed by atoms with Crippen molar-refractivity contribution in [2.75, 3.05) is 5.32 Å². The molecule has 0 aromatic carbocycles. The fraction of sp³-hybridized carbons (Fsp3) is 0.250. The van der Waals surface area contributed by atoms with Gasteiger partial charge in [0.15, 0.2) is 0 Å². The van der Waals surface area contributed by atoms with Crippen LogP contribution >= 0.6 is 11.3 Å². The Morgan fingerprint density at radius 3 is 2.87 bits per heavy atom. The monoisotopic (exact) mass is 218 g/mol. The molecule has 0 bridgehead atoms. The Balaban J connectivity index is 2.13. The lowest BCUT2D eigenvalue weighted by Gasteiger charge is -2.14. The third-order valence-corrected chi connectivity index (χ3v) is 3.40. The van der Waals surface area contributed by atoms with Crippen molar-refractivity contribution >= 4 is 17.0 Å². The number of aryl methyl sites for hydroxylation is 1. The van der Waals surface area contributed by atoms with Gasteiger partial charge in [0.1, 0.15) is 0 Å². The minimum atomic E-state index is 0.341. The van der Waals surface area contributed by atoms with Crippen LogP contribution in [-0.4, -0.2) is 4.98 Å². The van der Waals surface area contributed by atoms with E-state index in [1.54, 1.807) is 11.3 Å². The lowest BCUT2D eigenvalue weighted by atomic mass is 10.2. The van der Waals surface area contributed by atoms with Gasteiger partial charge in [0.25, 0.3) is 0 Å². The van der Waals surface area contributed by atoms with Crippen LogP contribution in [0.4, 0.5) is 5.69 Å². The number of thiophene rings is 1. The Morgan fingerprint density at radius 2 is 2.20 bits per heavy atom. The van der Waals surface area contributed by atoms with E-state index in [4.69, 9.17) is 0 Å². The van der Waals surface area contributed by atoms with Crippen molar-refractivity contribution in [3.63, 3.8) is 0 Å². The summed E-state index contributed by atoms with van der Waals surface area (Å²) in [7, 11) is 0. The van der Waals surface area contributed by atoms with Gasteiger partial charge in [0, 0.05) is 11.1 Å². The molecule has 2 aromatic heterocycles. The molecule has 0 aliphatic heterocycles. The van der Waals surface area contributed by atoms with Crippen molar-refractivity contribution in [1.29, 1.82) is 0 Å². The van der Waals surface area contributed by atoms with Gasteiger partial charge in [-0.2, -0.15) is 0 Å². The Morgan fingerprint density at radius 1 is 1.33 bits per heavy atom. The number of hydrogen-bond donors (Lipinski definition) is 1. The maximum Gasteiger partial charge on any atom is 0.0603 e. The highest BCUT2D eigenvalue weighted by atomic mass is 32.1. The molecule has 2 heterocycles. The molecule has 2 nitrogen and oxygen atoms in total. The van der Waals surface area contributed by atoms with E-state index in [0.29, 0.717) is 6.04 Å². The minimum Gasteiger partial charge on any atom is -0.376 e. The van der Waals surface area contributed by atoms with E-state index < -0.39 is 0 Å². The summed E-state index contributed by atoms with van der Waals surface area (Å²) < 4.78 is 0. The van der Waals surface area contributed by atoms with E-state index in [0.717, 1.165) is 11.4 Å². The van der Waals surface area contributed by atoms with Crippen LogP contribution in [0.25, 0.3) is 0 Å². The van der Waals surface area contributed by atoms with E-state index in [-0.39, 0.29) is 0 Å². The zero-order valence-corrected chi connectivity index (χ0v) is 9.71. The summed E-state index contributed by atoms with van der Waals surface area (Å²) in [4.78, 5) is 5.60. The van der Waals surface area contributed by atoms with E-state index in [1.165, 1.54) is 4.88 Å². The van der Waals surface area contributed by atoms with Crippen LogP contribution < -0.4 is 5.32 Å². The van der Waals surface area contributed by atoms with Gasteiger partial charge in [-0.25, -0.2) is 0 Å². The Hall–Kier alpha value is -1.35. The van der Waals surface area contributed by atoms with Crippen molar-refractivity contribution in [2.45, 2.75) is 19.9 Å². The fourth-order valence-corrected chi connectivity index (χ4v) is 2.21. The van der Waals surface area contributed by atoms with Crippen molar-refractivity contribution in [2.24, 2.45) is 0 Å². The molecule has 0 saturated heterocycles. The number of pyridine rings is 1. The Kier molecular flexibility index (Phi) is 3.02. The number of nitrogens with zero attached hydrogens (tertiary/aromatic N) is 1. The molecule has 0 radical (unpaired) electrons. The van der Waals surface area contributed by atoms with E-state index in [1.807, 2.05) is 19.2 Å². The molecule has 2 aromatic rings. The molecule has 0 spiro atoms. The quantitative estimate of drug-likeness (QED) is 0.851. The SMILES string of the molecule is Cc1ncccc1N[C@@H](C)c1cccs1. The fourth-order valence-electron chi connectivity index (χ4n) is 1.48. The van der Waals surface area contributed by atoms with Gasteiger partial charge in [0.05, 0.1) is 17.4 Å². The van der Waals surface area contributed by atoms with Crippen LogP contribution in [0, 0.1) is 6.92 Å². The highest BCUT2D eigenvalue weighted by Gasteiger charge is 2.07. The average Bonchev–Trinajstić information content (AvgIpc) is 2.74. The molecule has 0 amide bonds. The molecule has 1 atom stereocenters. The molecular formula is C12H14N2S. The number of nitrogens with one attached hydrogen (secondary N) is 1. The smallest absolute Gasteiger partial charge is 0.0603 e. The third-order valence-electron chi connectivity index (χ3n) is 2.35. The second kappa shape index (κ2) is 4.45. The first kappa shape index (κ1) is 10.2. The van der Waals surface area contributed by atoms with E-state index in [2.05, 4.69) is 40.8 Å². The summed E-state index contributed by atoms with van der Waals surface area (Å²) in [6.07, 6.45) is 1.82. The molecule has 0 fully saturated rings. The zero-order valence-electron chi connectivity index (χ0n) is 8.90. The molecule has 3 heteroatoms. The normalized spacial score (nSPS) is 12.4. The summed E-state index contributed by atoms with van der Waals surface area (Å²) in [5.41, 5.74) is 2.15. The van der Waals surface area contributed by atoms with Crippen LogP contribution in [0.15, 0.2) is 35.8 Å². The average molecular weight is 218 g/mol. The van der Waals surface area contributed by atoms with Crippen molar-refractivity contribution < 1.29 is 0 Å². The first-order chi connectivity index (χ1) is 7.27. The van der Waals surface area contributed by atoms with Gasteiger partial charge in [-0.1, -0.05) is 6.07 Å². The first-order valence-corrected chi connectivity index (χ1v) is 5.87. The van der Waals surface area contributed by atoms with Crippen molar-refractivity contribution in [3.8, 4) is 0 Å². The predicted octanol–water partition coefficient (Wildman–Crippen LogP) is 3.62. The molecule has 0 unspecified atom stereocenters. The summed E-state index contributed by atoms with van der Waals surface area (Å²) in [5.74, 6) is 0. The lowest BCUT2D eigenvalue weighted by Crippen LogP contribution is -2.06. The van der Waals surface area contributed by atoms with Gasteiger partial charge in [-0.3, -0.25) is 4.98 Å². The predicted molar refractivity (Wildman–Crippen MR) is 65.3 cm³/mol. The number of anilines is 1. The number of aromatic nitrogens is 1. The summed E-state index contributed by atoms with van der Waals surface area (Å²) >= 11 is 1.77. The van der Waals surface area contributed by atoms with E-state index >= 15 is 0 Å². The topological polar surface area (TPSA) is 24.9 Å². The van der Waals surface area contributed by atoms with Gasteiger partial charge < -0.3 is 5.32 Å². The first-order valence-electron chi connectivity index (χ1n) is 4.99. The van der Waals surface area contributed by atoms with Gasteiger partial charge in [-0.15, -0.1) is 11.3 Å². The van der Waals surface area contributed by atoms with Crippen LogP contribution in [0.3, 0.4) is 0 Å². The largest absolute Gasteiger partial charge is 0.376 e. The van der Waals surface area contributed by atoms with Crippen LogP contribution in [0.1, 0.15) is 23.5 Å². The third kappa shape index (κ3) is 2.36. The molecule has 1 N–H and O–H groups in total. The minimum absolute atomic E-state index is 0.341. The Labute approximate surface area is 94.0 Å². The van der Waals surface area contributed by atoms with E-state index in [9.17, 15) is 0 Å². The highest BCUT2D eigenvalue weighted by molar-refractivity contribution is 7.10. The van der Waals surface area contributed by atoms with Gasteiger partial charge in [-0.05, 0) is 37.4 Å². The standard InChI is InChI=1S/C12H14N2S/c1-9-11(5-3-7-13-9)14-10(2)12-6-4-8-15-12/h3-8,10,14H,1-2H3/t10-/m0/s1. The van der Waals surface area contributed by atoms with Crippen LogP contribution in [0.2, 0.25) is 0 Å². The second-order valence-corrected chi connectivity index (χ2v) is 4.50. The molecule has 0 saturated carbocycles. The van der Waals surface area contributed by atoms with Crippen molar-refractivity contribution in [1.82, 2.24) is 4.98 Å². The second-order valence-electron chi connectivity index (χ2n) is 3.52. The maximum atomic E-state index is 4.25. The van der Waals surface area contributed by atoms with Crippen molar-refractivity contribution in [3.05, 3.63) is 46.4 Å².